The molecule has 1 unspecified atom stereocenters. The van der Waals surface area contributed by atoms with Crippen LogP contribution in [0.4, 0.5) is 0 Å². The SMILES string of the molecule is CN(C)CCN1Cc2ccccc2-c2c(C3CCCCC3)c3ccccc3n2C(C(=O)NS(=O)(=O)N(C)C)C1=O. The van der Waals surface area contributed by atoms with Gasteiger partial charge >= 0.3 is 10.2 Å². The Bertz CT molecular complexity index is 1520. The quantitative estimate of drug-likeness (QED) is 0.441. The number of carbonyl (C=O) groups is 2. The Labute approximate surface area is 236 Å². The number of nitrogens with zero attached hydrogens (tertiary/aromatic N) is 4. The summed E-state index contributed by atoms with van der Waals surface area (Å²) in [6, 6.07) is 14.6. The molecule has 1 aliphatic heterocycles. The van der Waals surface area contributed by atoms with Crippen LogP contribution in [0.1, 0.15) is 55.2 Å². The van der Waals surface area contributed by atoms with E-state index in [0.717, 1.165) is 63.3 Å². The Balaban J connectivity index is 1.81. The standard InChI is InChI=1S/C30H39N5O4S/c1-32(2)18-19-34-20-22-14-8-9-15-23(22)27-26(21-12-6-5-7-13-21)24-16-10-11-17-25(24)35(27)28(30(34)37)29(36)31-40(38,39)33(3)4/h8-11,14-17,21,28H,5-7,12-13,18-20H2,1-4H3,(H,31,36). The molecule has 10 heteroatoms. The number of hydrogen-bond acceptors (Lipinski definition) is 5. The highest BCUT2D eigenvalue weighted by molar-refractivity contribution is 7.87. The summed E-state index contributed by atoms with van der Waals surface area (Å²) in [5.41, 5.74) is 4.76. The molecule has 0 bridgehead atoms. The van der Waals surface area contributed by atoms with Crippen molar-refractivity contribution in [2.24, 2.45) is 0 Å². The van der Waals surface area contributed by atoms with Crippen molar-refractivity contribution < 1.29 is 18.0 Å². The monoisotopic (exact) mass is 565 g/mol. The molecule has 0 radical (unpaired) electrons. The molecule has 2 amide bonds. The zero-order valence-corrected chi connectivity index (χ0v) is 24.6. The molecule has 0 spiro atoms. The summed E-state index contributed by atoms with van der Waals surface area (Å²) in [4.78, 5) is 32.1. The number of para-hydroxylation sites is 1. The maximum Gasteiger partial charge on any atom is 0.303 e. The van der Waals surface area contributed by atoms with Crippen LogP contribution >= 0.6 is 0 Å². The number of amides is 2. The van der Waals surface area contributed by atoms with Gasteiger partial charge in [-0.3, -0.25) is 9.59 Å². The zero-order valence-electron chi connectivity index (χ0n) is 23.8. The largest absolute Gasteiger partial charge is 0.335 e. The Morgan fingerprint density at radius 3 is 2.35 bits per heavy atom. The first-order valence-corrected chi connectivity index (χ1v) is 15.4. The lowest BCUT2D eigenvalue weighted by Gasteiger charge is -2.34. The predicted octanol–water partition coefficient (Wildman–Crippen LogP) is 3.72. The van der Waals surface area contributed by atoms with Crippen LogP contribution in [0.3, 0.4) is 0 Å². The van der Waals surface area contributed by atoms with Gasteiger partial charge in [-0.05, 0) is 50.0 Å². The summed E-state index contributed by atoms with van der Waals surface area (Å²) in [5.74, 6) is -0.985. The van der Waals surface area contributed by atoms with Crippen molar-refractivity contribution >= 4 is 32.9 Å². The molecule has 9 nitrogen and oxygen atoms in total. The van der Waals surface area contributed by atoms with Gasteiger partial charge in [0.15, 0.2) is 6.04 Å². The molecule has 5 rings (SSSR count). The average molecular weight is 566 g/mol. The number of fused-ring (bicyclic) bond motifs is 5. The molecule has 40 heavy (non-hydrogen) atoms. The van der Waals surface area contributed by atoms with E-state index in [-0.39, 0.29) is 5.92 Å². The first-order valence-electron chi connectivity index (χ1n) is 14.0. The maximum absolute atomic E-state index is 14.4. The molecule has 2 aromatic carbocycles. The maximum atomic E-state index is 14.4. The minimum Gasteiger partial charge on any atom is -0.335 e. The van der Waals surface area contributed by atoms with E-state index in [1.165, 1.54) is 20.5 Å². The Morgan fingerprint density at radius 2 is 1.65 bits per heavy atom. The number of nitrogens with one attached hydrogen (secondary N) is 1. The van der Waals surface area contributed by atoms with Crippen molar-refractivity contribution in [2.75, 3.05) is 41.3 Å². The fourth-order valence-electron chi connectivity index (χ4n) is 6.11. The minimum atomic E-state index is -4.12. The lowest BCUT2D eigenvalue weighted by atomic mass is 9.81. The van der Waals surface area contributed by atoms with E-state index in [0.29, 0.717) is 19.6 Å². The van der Waals surface area contributed by atoms with Gasteiger partial charge < -0.3 is 14.4 Å². The second-order valence-electron chi connectivity index (χ2n) is 11.4. The van der Waals surface area contributed by atoms with Gasteiger partial charge in [-0.1, -0.05) is 61.7 Å². The van der Waals surface area contributed by atoms with Crippen molar-refractivity contribution in [3.8, 4) is 11.3 Å². The average Bonchev–Trinajstić information content (AvgIpc) is 3.25. The minimum absolute atomic E-state index is 0.288. The lowest BCUT2D eigenvalue weighted by Crippen LogP contribution is -2.50. The molecule has 1 atom stereocenters. The fraction of sp³-hybridized carbons (Fsp3) is 0.467. The molecule has 1 N–H and O–H groups in total. The van der Waals surface area contributed by atoms with E-state index >= 15 is 0 Å². The van der Waals surface area contributed by atoms with E-state index < -0.39 is 28.1 Å². The molecule has 1 aliphatic carbocycles. The summed E-state index contributed by atoms with van der Waals surface area (Å²) in [6.45, 7) is 1.33. The first-order chi connectivity index (χ1) is 19.1. The van der Waals surface area contributed by atoms with Gasteiger partial charge in [0.05, 0.1) is 11.2 Å². The molecule has 2 aliphatic rings. The van der Waals surface area contributed by atoms with Crippen molar-refractivity contribution in [1.29, 1.82) is 0 Å². The van der Waals surface area contributed by atoms with Gasteiger partial charge in [0.2, 0.25) is 0 Å². The number of hydrogen-bond donors (Lipinski definition) is 1. The normalized spacial score (nSPS) is 18.5. The van der Waals surface area contributed by atoms with Gasteiger partial charge in [0.1, 0.15) is 0 Å². The second kappa shape index (κ2) is 11.3. The smallest absolute Gasteiger partial charge is 0.303 e. The summed E-state index contributed by atoms with van der Waals surface area (Å²) in [5, 5.41) is 1.02. The van der Waals surface area contributed by atoms with Crippen LogP contribution in [0.15, 0.2) is 48.5 Å². The van der Waals surface area contributed by atoms with E-state index in [1.54, 1.807) is 4.90 Å². The summed E-state index contributed by atoms with van der Waals surface area (Å²) >= 11 is 0. The number of benzene rings is 2. The van der Waals surface area contributed by atoms with Gasteiger partial charge in [-0.2, -0.15) is 12.7 Å². The van der Waals surface area contributed by atoms with E-state index in [1.807, 2.05) is 53.9 Å². The van der Waals surface area contributed by atoms with Crippen molar-refractivity contribution in [3.05, 3.63) is 59.7 Å². The van der Waals surface area contributed by atoms with E-state index in [4.69, 9.17) is 0 Å². The molecule has 0 saturated heterocycles. The second-order valence-corrected chi connectivity index (χ2v) is 13.2. The molecule has 3 aromatic rings. The molecular formula is C30H39N5O4S. The predicted molar refractivity (Wildman–Crippen MR) is 157 cm³/mol. The number of aromatic nitrogens is 1. The lowest BCUT2D eigenvalue weighted by molar-refractivity contribution is -0.141. The Morgan fingerprint density at radius 1 is 0.975 bits per heavy atom. The van der Waals surface area contributed by atoms with Crippen LogP contribution < -0.4 is 4.72 Å². The van der Waals surface area contributed by atoms with Crippen LogP contribution in [0.5, 0.6) is 0 Å². The van der Waals surface area contributed by atoms with Crippen molar-refractivity contribution in [1.82, 2.24) is 23.4 Å². The highest BCUT2D eigenvalue weighted by atomic mass is 32.2. The fourth-order valence-corrected chi connectivity index (χ4v) is 6.65. The van der Waals surface area contributed by atoms with E-state index in [2.05, 4.69) is 22.9 Å². The third-order valence-corrected chi connectivity index (χ3v) is 9.60. The Hall–Kier alpha value is -3.21. The summed E-state index contributed by atoms with van der Waals surface area (Å²) in [7, 11) is 2.45. The first kappa shape index (κ1) is 28.3. The van der Waals surface area contributed by atoms with Crippen LogP contribution in [0.2, 0.25) is 0 Å². The zero-order chi connectivity index (χ0) is 28.6. The van der Waals surface area contributed by atoms with Gasteiger partial charge in [0.25, 0.3) is 11.8 Å². The molecule has 1 saturated carbocycles. The van der Waals surface area contributed by atoms with Crippen LogP contribution in [0.25, 0.3) is 22.2 Å². The van der Waals surface area contributed by atoms with Crippen LogP contribution in [-0.2, 0) is 26.3 Å². The molecular weight excluding hydrogens is 526 g/mol. The molecule has 1 aromatic heterocycles. The highest BCUT2D eigenvalue weighted by Gasteiger charge is 2.41. The van der Waals surface area contributed by atoms with Crippen molar-refractivity contribution in [2.45, 2.75) is 50.6 Å². The highest BCUT2D eigenvalue weighted by Crippen LogP contribution is 2.47. The van der Waals surface area contributed by atoms with Gasteiger partial charge in [-0.15, -0.1) is 0 Å². The summed E-state index contributed by atoms with van der Waals surface area (Å²) < 4.78 is 30.6. The van der Waals surface area contributed by atoms with Crippen LogP contribution in [0, 0.1) is 0 Å². The van der Waals surface area contributed by atoms with E-state index in [9.17, 15) is 18.0 Å². The van der Waals surface area contributed by atoms with Gasteiger partial charge in [0, 0.05) is 44.7 Å². The number of likely N-dealkylation sites (N-methyl/N-ethyl adjacent to an activating group) is 1. The molecule has 214 valence electrons. The number of carbonyl (C=O) groups excluding carboxylic acids is 2. The third-order valence-electron chi connectivity index (χ3n) is 8.18. The van der Waals surface area contributed by atoms with Crippen LogP contribution in [-0.4, -0.2) is 80.2 Å². The molecule has 1 fully saturated rings. The third kappa shape index (κ3) is 5.27. The topological polar surface area (TPSA) is 95.0 Å². The number of rotatable bonds is 7. The van der Waals surface area contributed by atoms with Gasteiger partial charge in [-0.25, -0.2) is 4.72 Å². The molecule has 2 heterocycles. The van der Waals surface area contributed by atoms with Crippen molar-refractivity contribution in [3.63, 3.8) is 0 Å². The summed E-state index contributed by atoms with van der Waals surface area (Å²) in [6.07, 6.45) is 5.55. The Kier molecular flexibility index (Phi) is 8.03.